The van der Waals surface area contributed by atoms with Gasteiger partial charge in [0.1, 0.15) is 5.82 Å². The molecule has 0 saturated heterocycles. The van der Waals surface area contributed by atoms with Gasteiger partial charge in [0.05, 0.1) is 5.02 Å². The molecule has 1 nitrogen and oxygen atoms in total. The Bertz CT molecular complexity index is 343. The van der Waals surface area contributed by atoms with Crippen molar-refractivity contribution in [2.24, 2.45) is 5.73 Å². The maximum atomic E-state index is 13.5. The van der Waals surface area contributed by atoms with Gasteiger partial charge in [-0.1, -0.05) is 17.7 Å². The minimum atomic E-state index is -0.304. The quantitative estimate of drug-likeness (QED) is 0.723. The summed E-state index contributed by atoms with van der Waals surface area (Å²) in [6.07, 6.45) is 0. The van der Waals surface area contributed by atoms with Crippen molar-refractivity contribution in [1.82, 2.24) is 0 Å². The lowest BCUT2D eigenvalue weighted by Gasteiger charge is -2.22. The molecule has 0 saturated carbocycles. The van der Waals surface area contributed by atoms with Crippen molar-refractivity contribution in [1.29, 1.82) is 0 Å². The minimum Gasteiger partial charge on any atom is -0.323 e. The monoisotopic (exact) mass is 217 g/mol. The van der Waals surface area contributed by atoms with Crippen LogP contribution in [0.1, 0.15) is 17.2 Å². The Labute approximate surface area is 85.5 Å². The highest BCUT2D eigenvalue weighted by molar-refractivity contribution is 7.98. The van der Waals surface area contributed by atoms with Gasteiger partial charge in [-0.2, -0.15) is 11.8 Å². The van der Waals surface area contributed by atoms with E-state index >= 15 is 0 Å². The van der Waals surface area contributed by atoms with Crippen molar-refractivity contribution in [3.8, 4) is 0 Å². The second-order valence-corrected chi connectivity index (χ2v) is 4.49. The fourth-order valence-electron chi connectivity index (χ4n) is 1.48. The zero-order chi connectivity index (χ0) is 9.42. The first-order valence-corrected chi connectivity index (χ1v) is 5.53. The van der Waals surface area contributed by atoms with E-state index in [-0.39, 0.29) is 16.9 Å². The Balaban J connectivity index is 2.56. The molecule has 1 aliphatic heterocycles. The van der Waals surface area contributed by atoms with E-state index in [0.29, 0.717) is 11.3 Å². The second kappa shape index (κ2) is 3.48. The van der Waals surface area contributed by atoms with Crippen molar-refractivity contribution in [3.05, 3.63) is 34.1 Å². The summed E-state index contributed by atoms with van der Waals surface area (Å²) in [7, 11) is 0. The van der Waals surface area contributed by atoms with Gasteiger partial charge in [-0.25, -0.2) is 4.39 Å². The third-order valence-corrected chi connectivity index (χ3v) is 3.56. The number of hydrogen-bond donors (Lipinski definition) is 1. The Hall–Kier alpha value is -0.250. The van der Waals surface area contributed by atoms with Crippen LogP contribution in [0.2, 0.25) is 5.02 Å². The summed E-state index contributed by atoms with van der Waals surface area (Å²) in [4.78, 5) is 0. The van der Waals surface area contributed by atoms with Gasteiger partial charge in [0.15, 0.2) is 0 Å². The van der Waals surface area contributed by atoms with Crippen LogP contribution in [0, 0.1) is 5.82 Å². The molecule has 0 fully saturated rings. The summed E-state index contributed by atoms with van der Waals surface area (Å²) in [6.45, 7) is 0. The van der Waals surface area contributed by atoms with Gasteiger partial charge < -0.3 is 5.73 Å². The summed E-state index contributed by atoms with van der Waals surface area (Å²) < 4.78 is 13.5. The standard InChI is InChI=1S/C9H9ClFNS/c10-7-2-1-5-6(9(7)11)3-13-4-8(5)12/h1-2,8H,3-4,12H2. The van der Waals surface area contributed by atoms with Crippen LogP contribution >= 0.6 is 23.4 Å². The molecule has 1 heterocycles. The van der Waals surface area contributed by atoms with Gasteiger partial charge in [0, 0.05) is 23.1 Å². The molecule has 1 atom stereocenters. The van der Waals surface area contributed by atoms with E-state index in [2.05, 4.69) is 0 Å². The number of halogens is 2. The van der Waals surface area contributed by atoms with Crippen LogP contribution in [-0.4, -0.2) is 5.75 Å². The topological polar surface area (TPSA) is 26.0 Å². The first-order valence-electron chi connectivity index (χ1n) is 4.00. The van der Waals surface area contributed by atoms with E-state index in [0.717, 1.165) is 11.3 Å². The highest BCUT2D eigenvalue weighted by Gasteiger charge is 2.21. The summed E-state index contributed by atoms with van der Waals surface area (Å²) in [6, 6.07) is 3.34. The summed E-state index contributed by atoms with van der Waals surface area (Å²) in [5.41, 5.74) is 7.42. The molecular formula is C9H9ClFNS. The normalized spacial score (nSPS) is 21.3. The molecular weight excluding hydrogens is 209 g/mol. The SMILES string of the molecule is NC1CSCc2c1ccc(Cl)c2F. The van der Waals surface area contributed by atoms with E-state index in [9.17, 15) is 4.39 Å². The van der Waals surface area contributed by atoms with Crippen molar-refractivity contribution < 1.29 is 4.39 Å². The molecule has 0 spiro atoms. The van der Waals surface area contributed by atoms with Crippen LogP contribution in [0.3, 0.4) is 0 Å². The average molecular weight is 218 g/mol. The number of benzene rings is 1. The van der Waals surface area contributed by atoms with E-state index in [1.807, 2.05) is 6.07 Å². The molecule has 1 unspecified atom stereocenters. The van der Waals surface area contributed by atoms with Crippen molar-refractivity contribution in [2.75, 3.05) is 5.75 Å². The zero-order valence-electron chi connectivity index (χ0n) is 6.89. The lowest BCUT2D eigenvalue weighted by molar-refractivity contribution is 0.609. The molecule has 0 bridgehead atoms. The molecule has 0 amide bonds. The van der Waals surface area contributed by atoms with Crippen molar-refractivity contribution >= 4 is 23.4 Å². The van der Waals surface area contributed by atoms with Crippen molar-refractivity contribution in [2.45, 2.75) is 11.8 Å². The molecule has 13 heavy (non-hydrogen) atoms. The third-order valence-electron chi connectivity index (χ3n) is 2.18. The number of nitrogens with two attached hydrogens (primary N) is 1. The number of fused-ring (bicyclic) bond motifs is 1. The van der Waals surface area contributed by atoms with Crippen LogP contribution in [0.15, 0.2) is 12.1 Å². The smallest absolute Gasteiger partial charge is 0.146 e. The minimum absolute atomic E-state index is 0.0551. The zero-order valence-corrected chi connectivity index (χ0v) is 8.46. The van der Waals surface area contributed by atoms with E-state index in [1.165, 1.54) is 0 Å². The lowest BCUT2D eigenvalue weighted by Crippen LogP contribution is -2.19. The largest absolute Gasteiger partial charge is 0.323 e. The molecule has 2 N–H and O–H groups in total. The molecule has 0 aromatic heterocycles. The molecule has 0 radical (unpaired) electrons. The Morgan fingerprint density at radius 3 is 3.08 bits per heavy atom. The van der Waals surface area contributed by atoms with E-state index in [1.54, 1.807) is 17.8 Å². The first-order chi connectivity index (χ1) is 6.20. The number of thioether (sulfide) groups is 1. The highest BCUT2D eigenvalue weighted by Crippen LogP contribution is 2.34. The van der Waals surface area contributed by atoms with Gasteiger partial charge in [0.2, 0.25) is 0 Å². The molecule has 70 valence electrons. The molecule has 1 aromatic rings. The van der Waals surface area contributed by atoms with Gasteiger partial charge >= 0.3 is 0 Å². The Kier molecular flexibility index (Phi) is 2.49. The number of hydrogen-bond acceptors (Lipinski definition) is 2. The fraction of sp³-hybridized carbons (Fsp3) is 0.333. The summed E-state index contributed by atoms with van der Waals surface area (Å²) in [5.74, 6) is 1.23. The Morgan fingerprint density at radius 2 is 2.31 bits per heavy atom. The van der Waals surface area contributed by atoms with Crippen LogP contribution in [0.5, 0.6) is 0 Å². The maximum absolute atomic E-state index is 13.5. The van der Waals surface area contributed by atoms with Gasteiger partial charge in [0.25, 0.3) is 0 Å². The van der Waals surface area contributed by atoms with Crippen LogP contribution in [-0.2, 0) is 5.75 Å². The second-order valence-electron chi connectivity index (χ2n) is 3.05. The molecule has 1 aliphatic rings. The number of rotatable bonds is 0. The molecule has 1 aromatic carbocycles. The average Bonchev–Trinajstić information content (AvgIpc) is 2.12. The van der Waals surface area contributed by atoms with Gasteiger partial charge in [-0.05, 0) is 11.6 Å². The predicted octanol–water partition coefficient (Wildman–Crippen LogP) is 2.73. The van der Waals surface area contributed by atoms with Crippen LogP contribution in [0.4, 0.5) is 4.39 Å². The first kappa shape index (κ1) is 9.31. The fourth-order valence-corrected chi connectivity index (χ4v) is 2.71. The molecule has 4 heteroatoms. The lowest BCUT2D eigenvalue weighted by atomic mass is 10.0. The predicted molar refractivity (Wildman–Crippen MR) is 54.5 cm³/mol. The van der Waals surface area contributed by atoms with E-state index < -0.39 is 0 Å². The van der Waals surface area contributed by atoms with Gasteiger partial charge in [-0.15, -0.1) is 0 Å². The summed E-state index contributed by atoms with van der Waals surface area (Å²) in [5, 5.41) is 0.188. The van der Waals surface area contributed by atoms with Crippen LogP contribution in [0.25, 0.3) is 0 Å². The highest BCUT2D eigenvalue weighted by atomic mass is 35.5. The van der Waals surface area contributed by atoms with Crippen LogP contribution < -0.4 is 5.73 Å². The third kappa shape index (κ3) is 1.56. The van der Waals surface area contributed by atoms with Crippen molar-refractivity contribution in [3.63, 3.8) is 0 Å². The summed E-state index contributed by atoms with van der Waals surface area (Å²) >= 11 is 7.31. The molecule has 2 rings (SSSR count). The van der Waals surface area contributed by atoms with Gasteiger partial charge in [-0.3, -0.25) is 0 Å². The Morgan fingerprint density at radius 1 is 1.54 bits per heavy atom. The van der Waals surface area contributed by atoms with E-state index in [4.69, 9.17) is 17.3 Å². The molecule has 0 aliphatic carbocycles. The maximum Gasteiger partial charge on any atom is 0.146 e.